The van der Waals surface area contributed by atoms with Crippen LogP contribution in [0.5, 0.6) is 5.88 Å². The minimum atomic E-state index is -0.683. The first-order chi connectivity index (χ1) is 16.4. The van der Waals surface area contributed by atoms with E-state index in [1.807, 2.05) is 42.7 Å². The van der Waals surface area contributed by atoms with E-state index in [1.54, 1.807) is 24.0 Å². The molecule has 1 aliphatic heterocycles. The third-order valence-electron chi connectivity index (χ3n) is 6.59. The minimum Gasteiger partial charge on any atom is -0.478 e. The van der Waals surface area contributed by atoms with Gasteiger partial charge in [-0.3, -0.25) is 14.1 Å². The molecule has 34 heavy (non-hydrogen) atoms. The van der Waals surface area contributed by atoms with Gasteiger partial charge in [0.25, 0.3) is 0 Å². The average Bonchev–Trinajstić information content (AvgIpc) is 3.37. The van der Waals surface area contributed by atoms with E-state index in [0.29, 0.717) is 25.5 Å². The topological polar surface area (TPSA) is 65.2 Å². The zero-order valence-corrected chi connectivity index (χ0v) is 19.9. The smallest absolute Gasteiger partial charge is 0.329 e. The highest BCUT2D eigenvalue weighted by atomic mass is 19.1. The third kappa shape index (κ3) is 4.18. The Labute approximate surface area is 197 Å². The van der Waals surface area contributed by atoms with E-state index < -0.39 is 6.17 Å². The summed E-state index contributed by atoms with van der Waals surface area (Å²) in [5, 5.41) is 0.944. The fourth-order valence-electron chi connectivity index (χ4n) is 4.78. The number of aryl methyl sites for hydroxylation is 1. The summed E-state index contributed by atoms with van der Waals surface area (Å²) in [6, 6.07) is 9.98. The molecule has 4 aromatic rings. The number of alkyl halides is 1. The van der Waals surface area contributed by atoms with Gasteiger partial charge in [0.05, 0.1) is 29.4 Å². The lowest BCUT2D eigenvalue weighted by Gasteiger charge is -2.14. The molecule has 0 amide bonds. The van der Waals surface area contributed by atoms with Gasteiger partial charge in [-0.15, -0.1) is 0 Å². The number of benzene rings is 1. The maximum absolute atomic E-state index is 13.3. The van der Waals surface area contributed by atoms with Gasteiger partial charge in [-0.05, 0) is 50.5 Å². The highest BCUT2D eigenvalue weighted by Crippen LogP contribution is 2.30. The van der Waals surface area contributed by atoms with Crippen molar-refractivity contribution in [2.75, 3.05) is 26.2 Å². The zero-order valence-electron chi connectivity index (χ0n) is 19.9. The Morgan fingerprint density at radius 2 is 1.97 bits per heavy atom. The quantitative estimate of drug-likeness (QED) is 0.382. The van der Waals surface area contributed by atoms with Crippen LogP contribution in [-0.2, 0) is 7.05 Å². The molecule has 0 aliphatic carbocycles. The summed E-state index contributed by atoms with van der Waals surface area (Å²) >= 11 is 0. The fourth-order valence-corrected chi connectivity index (χ4v) is 4.78. The summed E-state index contributed by atoms with van der Waals surface area (Å²) in [5.74, 6) is 0.579. The van der Waals surface area contributed by atoms with Crippen LogP contribution in [0, 0.1) is 0 Å². The van der Waals surface area contributed by atoms with Crippen LogP contribution >= 0.6 is 0 Å². The second-order valence-corrected chi connectivity index (χ2v) is 9.30. The summed E-state index contributed by atoms with van der Waals surface area (Å²) in [5.41, 5.74) is 4.50. The lowest BCUT2D eigenvalue weighted by atomic mass is 10.0. The molecule has 178 valence electrons. The second kappa shape index (κ2) is 9.18. The fraction of sp³-hybridized carbons (Fsp3) is 0.423. The first-order valence-electron chi connectivity index (χ1n) is 11.9. The number of likely N-dealkylation sites (tertiary alicyclic amines) is 1. The molecule has 5 rings (SSSR count). The molecule has 1 saturated heterocycles. The summed E-state index contributed by atoms with van der Waals surface area (Å²) in [6.07, 6.45) is 4.37. The molecular formula is C26H30FN5O2. The predicted octanol–water partition coefficient (Wildman–Crippen LogP) is 4.34. The number of hydrogen-bond acceptors (Lipinski definition) is 5. The lowest BCUT2D eigenvalue weighted by molar-refractivity contribution is 0.244. The van der Waals surface area contributed by atoms with E-state index in [9.17, 15) is 9.18 Å². The monoisotopic (exact) mass is 463 g/mol. The van der Waals surface area contributed by atoms with Crippen LogP contribution in [0.1, 0.15) is 32.7 Å². The van der Waals surface area contributed by atoms with Gasteiger partial charge in [-0.25, -0.2) is 14.2 Å². The van der Waals surface area contributed by atoms with Gasteiger partial charge in [-0.2, -0.15) is 0 Å². The van der Waals surface area contributed by atoms with Gasteiger partial charge in [0.1, 0.15) is 6.17 Å². The number of hydrogen-bond donors (Lipinski definition) is 0. The third-order valence-corrected chi connectivity index (χ3v) is 6.59. The van der Waals surface area contributed by atoms with Crippen LogP contribution in [0.2, 0.25) is 0 Å². The van der Waals surface area contributed by atoms with Crippen molar-refractivity contribution < 1.29 is 9.13 Å². The Morgan fingerprint density at radius 1 is 1.15 bits per heavy atom. The number of fused-ring (bicyclic) bond motifs is 3. The van der Waals surface area contributed by atoms with Crippen molar-refractivity contribution in [1.29, 1.82) is 0 Å². The molecule has 1 aliphatic rings. The van der Waals surface area contributed by atoms with Gasteiger partial charge in [0, 0.05) is 55.9 Å². The first kappa shape index (κ1) is 22.5. The van der Waals surface area contributed by atoms with Crippen molar-refractivity contribution >= 4 is 21.9 Å². The van der Waals surface area contributed by atoms with Crippen molar-refractivity contribution in [2.45, 2.75) is 38.9 Å². The standard InChI is InChI=1S/C26H30FN5O2/c1-17(2)32-25-21-13-18(5-7-22(21)28-15-23(25)30(3)26(32)33)19-6-8-24(29-14-19)34-12-4-10-31-11-9-20(27)16-31/h5-8,13-15,17,20H,4,9-12,16H2,1-3H3/t20-/m0/s1. The number of imidazole rings is 1. The first-order valence-corrected chi connectivity index (χ1v) is 11.9. The summed E-state index contributed by atoms with van der Waals surface area (Å²) in [6.45, 7) is 6.80. The van der Waals surface area contributed by atoms with Crippen LogP contribution in [0.3, 0.4) is 0 Å². The normalized spacial score (nSPS) is 16.8. The molecule has 1 aromatic carbocycles. The molecule has 1 fully saturated rings. The molecular weight excluding hydrogens is 433 g/mol. The Morgan fingerprint density at radius 3 is 2.68 bits per heavy atom. The number of halogens is 1. The minimum absolute atomic E-state index is 0.0347. The summed E-state index contributed by atoms with van der Waals surface area (Å²) in [4.78, 5) is 24.0. The molecule has 7 nitrogen and oxygen atoms in total. The highest BCUT2D eigenvalue weighted by Gasteiger charge is 2.21. The van der Waals surface area contributed by atoms with Crippen molar-refractivity contribution in [3.8, 4) is 17.0 Å². The van der Waals surface area contributed by atoms with E-state index in [2.05, 4.69) is 20.9 Å². The lowest BCUT2D eigenvalue weighted by Crippen LogP contribution is -2.23. The average molecular weight is 464 g/mol. The molecule has 0 unspecified atom stereocenters. The number of rotatable bonds is 7. The van der Waals surface area contributed by atoms with Gasteiger partial charge in [0.15, 0.2) is 0 Å². The maximum atomic E-state index is 13.3. The zero-order chi connectivity index (χ0) is 23.8. The molecule has 0 saturated carbocycles. The molecule has 0 radical (unpaired) electrons. The van der Waals surface area contributed by atoms with Crippen LogP contribution in [0.25, 0.3) is 33.1 Å². The highest BCUT2D eigenvalue weighted by molar-refractivity contribution is 6.04. The Kier molecular flexibility index (Phi) is 6.08. The van der Waals surface area contributed by atoms with E-state index in [1.165, 1.54) is 0 Å². The number of nitrogens with zero attached hydrogens (tertiary/aromatic N) is 5. The van der Waals surface area contributed by atoms with Crippen molar-refractivity contribution in [2.24, 2.45) is 7.05 Å². The van der Waals surface area contributed by atoms with Gasteiger partial charge < -0.3 is 9.64 Å². The van der Waals surface area contributed by atoms with E-state index >= 15 is 0 Å². The maximum Gasteiger partial charge on any atom is 0.329 e. The molecule has 3 aromatic heterocycles. The van der Waals surface area contributed by atoms with Gasteiger partial charge in [0.2, 0.25) is 5.88 Å². The van der Waals surface area contributed by atoms with Crippen molar-refractivity contribution in [1.82, 2.24) is 24.0 Å². The van der Waals surface area contributed by atoms with Crippen molar-refractivity contribution in [3.05, 3.63) is 53.2 Å². The molecule has 0 N–H and O–H groups in total. The van der Waals surface area contributed by atoms with Crippen molar-refractivity contribution in [3.63, 3.8) is 0 Å². The van der Waals surface area contributed by atoms with Crippen LogP contribution in [0.4, 0.5) is 4.39 Å². The largest absolute Gasteiger partial charge is 0.478 e. The Balaban J connectivity index is 1.36. The Hall–Kier alpha value is -3.26. The summed E-state index contributed by atoms with van der Waals surface area (Å²) in [7, 11) is 1.78. The predicted molar refractivity (Wildman–Crippen MR) is 132 cm³/mol. The van der Waals surface area contributed by atoms with Crippen LogP contribution < -0.4 is 10.4 Å². The second-order valence-electron chi connectivity index (χ2n) is 9.30. The van der Waals surface area contributed by atoms with E-state index in [-0.39, 0.29) is 11.7 Å². The van der Waals surface area contributed by atoms with Crippen LogP contribution in [-0.4, -0.2) is 56.4 Å². The molecule has 1 atom stereocenters. The molecule has 8 heteroatoms. The summed E-state index contributed by atoms with van der Waals surface area (Å²) < 4.78 is 22.5. The number of pyridine rings is 2. The molecule has 4 heterocycles. The van der Waals surface area contributed by atoms with Crippen LogP contribution in [0.15, 0.2) is 47.5 Å². The van der Waals surface area contributed by atoms with Gasteiger partial charge >= 0.3 is 5.69 Å². The van der Waals surface area contributed by atoms with E-state index in [0.717, 1.165) is 52.6 Å². The number of aromatic nitrogens is 4. The van der Waals surface area contributed by atoms with E-state index in [4.69, 9.17) is 4.74 Å². The number of ether oxygens (including phenoxy) is 1. The van der Waals surface area contributed by atoms with Gasteiger partial charge in [-0.1, -0.05) is 6.07 Å². The molecule has 0 spiro atoms. The Bertz CT molecular complexity index is 1380. The molecule has 0 bridgehead atoms. The SMILES string of the molecule is CC(C)n1c(=O)n(C)c2cnc3ccc(-c4ccc(OCCCN5CC[C@H](F)C5)nc4)cc3c21.